The third kappa shape index (κ3) is 2.49. The first-order valence-electron chi connectivity index (χ1n) is 6.58. The predicted octanol–water partition coefficient (Wildman–Crippen LogP) is 3.76. The number of nitriles is 1. The SMILES string of the molecule is CCSc1cccc(N2CC(C)C(C)C2)c1C#N. The molecule has 0 amide bonds. The van der Waals surface area contributed by atoms with Crippen molar-refractivity contribution >= 4 is 17.4 Å². The molecule has 2 unspecified atom stereocenters. The molecular formula is C15H20N2S. The van der Waals surface area contributed by atoms with E-state index < -0.39 is 0 Å². The molecule has 1 aliphatic rings. The van der Waals surface area contributed by atoms with Crippen molar-refractivity contribution in [3.8, 4) is 6.07 Å². The van der Waals surface area contributed by atoms with Crippen molar-refractivity contribution in [3.05, 3.63) is 23.8 Å². The normalized spacial score (nSPS) is 23.1. The number of rotatable bonds is 3. The molecule has 1 aliphatic heterocycles. The van der Waals surface area contributed by atoms with E-state index in [4.69, 9.17) is 0 Å². The van der Waals surface area contributed by atoms with Gasteiger partial charge in [-0.1, -0.05) is 26.8 Å². The molecule has 18 heavy (non-hydrogen) atoms. The fourth-order valence-electron chi connectivity index (χ4n) is 2.50. The first-order valence-corrected chi connectivity index (χ1v) is 7.56. The van der Waals surface area contributed by atoms with Crippen molar-refractivity contribution in [1.29, 1.82) is 5.26 Å². The van der Waals surface area contributed by atoms with Crippen LogP contribution >= 0.6 is 11.8 Å². The molecule has 1 heterocycles. The van der Waals surface area contributed by atoms with Crippen LogP contribution in [-0.2, 0) is 0 Å². The highest BCUT2D eigenvalue weighted by molar-refractivity contribution is 7.99. The Morgan fingerprint density at radius 3 is 2.56 bits per heavy atom. The molecule has 2 rings (SSSR count). The molecular weight excluding hydrogens is 240 g/mol. The summed E-state index contributed by atoms with van der Waals surface area (Å²) >= 11 is 1.75. The van der Waals surface area contributed by atoms with Crippen LogP contribution in [0.4, 0.5) is 5.69 Å². The van der Waals surface area contributed by atoms with E-state index in [1.54, 1.807) is 11.8 Å². The summed E-state index contributed by atoms with van der Waals surface area (Å²) in [6, 6.07) is 8.61. The number of hydrogen-bond donors (Lipinski definition) is 0. The van der Waals surface area contributed by atoms with Gasteiger partial charge in [0, 0.05) is 18.0 Å². The molecule has 1 aromatic rings. The van der Waals surface area contributed by atoms with Crippen LogP contribution in [0.25, 0.3) is 0 Å². The van der Waals surface area contributed by atoms with Crippen LogP contribution in [-0.4, -0.2) is 18.8 Å². The zero-order valence-corrected chi connectivity index (χ0v) is 12.1. The summed E-state index contributed by atoms with van der Waals surface area (Å²) in [4.78, 5) is 3.48. The fraction of sp³-hybridized carbons (Fsp3) is 0.533. The van der Waals surface area contributed by atoms with Crippen LogP contribution in [0.15, 0.2) is 23.1 Å². The van der Waals surface area contributed by atoms with Crippen LogP contribution in [0.3, 0.4) is 0 Å². The van der Waals surface area contributed by atoms with Crippen molar-refractivity contribution in [3.63, 3.8) is 0 Å². The third-order valence-corrected chi connectivity index (χ3v) is 4.68. The standard InChI is InChI=1S/C15H20N2S/c1-4-18-15-7-5-6-14(13(15)8-16)17-9-11(2)12(3)10-17/h5-7,11-12H,4,9-10H2,1-3H3. The zero-order chi connectivity index (χ0) is 13.1. The van der Waals surface area contributed by atoms with Gasteiger partial charge in [0.15, 0.2) is 0 Å². The second kappa shape index (κ2) is 5.67. The summed E-state index contributed by atoms with van der Waals surface area (Å²) in [7, 11) is 0. The summed E-state index contributed by atoms with van der Waals surface area (Å²) in [5.74, 6) is 2.42. The number of nitrogens with zero attached hydrogens (tertiary/aromatic N) is 2. The summed E-state index contributed by atoms with van der Waals surface area (Å²) in [6.07, 6.45) is 0. The number of anilines is 1. The quantitative estimate of drug-likeness (QED) is 0.774. The molecule has 0 bridgehead atoms. The number of thioether (sulfide) groups is 1. The molecule has 1 fully saturated rings. The van der Waals surface area contributed by atoms with Crippen LogP contribution in [0.1, 0.15) is 26.3 Å². The number of benzene rings is 1. The lowest BCUT2D eigenvalue weighted by atomic mass is 10.0. The van der Waals surface area contributed by atoms with Crippen molar-refractivity contribution in [2.45, 2.75) is 25.7 Å². The highest BCUT2D eigenvalue weighted by Crippen LogP contribution is 2.34. The first kappa shape index (κ1) is 13.3. The van der Waals surface area contributed by atoms with E-state index in [0.29, 0.717) is 11.8 Å². The van der Waals surface area contributed by atoms with Crippen molar-refractivity contribution < 1.29 is 0 Å². The van der Waals surface area contributed by atoms with Gasteiger partial charge in [0.25, 0.3) is 0 Å². The van der Waals surface area contributed by atoms with Crippen LogP contribution in [0.5, 0.6) is 0 Å². The van der Waals surface area contributed by atoms with E-state index in [9.17, 15) is 5.26 Å². The Hall–Kier alpha value is -1.14. The largest absolute Gasteiger partial charge is 0.370 e. The van der Waals surface area contributed by atoms with E-state index in [2.05, 4.69) is 49.9 Å². The third-order valence-electron chi connectivity index (χ3n) is 3.74. The van der Waals surface area contributed by atoms with Gasteiger partial charge in [-0.05, 0) is 29.7 Å². The molecule has 0 spiro atoms. The van der Waals surface area contributed by atoms with Gasteiger partial charge < -0.3 is 4.90 Å². The Bertz CT molecular complexity index is 454. The van der Waals surface area contributed by atoms with Crippen molar-refractivity contribution in [1.82, 2.24) is 0 Å². The van der Waals surface area contributed by atoms with Gasteiger partial charge in [0.1, 0.15) is 6.07 Å². The first-order chi connectivity index (χ1) is 8.67. The molecule has 1 aromatic carbocycles. The smallest absolute Gasteiger partial charge is 0.103 e. The predicted molar refractivity (Wildman–Crippen MR) is 78.1 cm³/mol. The molecule has 2 atom stereocenters. The molecule has 0 N–H and O–H groups in total. The minimum atomic E-state index is 0.707. The zero-order valence-electron chi connectivity index (χ0n) is 11.3. The van der Waals surface area contributed by atoms with Gasteiger partial charge in [-0.3, -0.25) is 0 Å². The summed E-state index contributed by atoms with van der Waals surface area (Å²) in [5, 5.41) is 9.43. The van der Waals surface area contributed by atoms with E-state index >= 15 is 0 Å². The van der Waals surface area contributed by atoms with Gasteiger partial charge in [-0.15, -0.1) is 11.8 Å². The maximum Gasteiger partial charge on any atom is 0.103 e. The lowest BCUT2D eigenvalue weighted by molar-refractivity contribution is 0.494. The van der Waals surface area contributed by atoms with Gasteiger partial charge in [0.2, 0.25) is 0 Å². The molecule has 2 nitrogen and oxygen atoms in total. The highest BCUT2D eigenvalue weighted by atomic mass is 32.2. The number of hydrogen-bond acceptors (Lipinski definition) is 3. The fourth-order valence-corrected chi connectivity index (χ4v) is 3.28. The van der Waals surface area contributed by atoms with Crippen molar-refractivity contribution in [2.24, 2.45) is 11.8 Å². The van der Waals surface area contributed by atoms with Crippen LogP contribution < -0.4 is 4.90 Å². The minimum Gasteiger partial charge on any atom is -0.370 e. The Balaban J connectivity index is 2.34. The van der Waals surface area contributed by atoms with Crippen LogP contribution in [0, 0.1) is 23.2 Å². The molecule has 0 aromatic heterocycles. The molecule has 96 valence electrons. The van der Waals surface area contributed by atoms with E-state index in [0.717, 1.165) is 35.0 Å². The topological polar surface area (TPSA) is 27.0 Å². The molecule has 3 heteroatoms. The Kier molecular flexibility index (Phi) is 4.19. The van der Waals surface area contributed by atoms with Gasteiger partial charge in [-0.2, -0.15) is 5.26 Å². The Morgan fingerprint density at radius 2 is 2.00 bits per heavy atom. The van der Waals surface area contributed by atoms with Gasteiger partial charge in [0.05, 0.1) is 11.3 Å². The van der Waals surface area contributed by atoms with Gasteiger partial charge >= 0.3 is 0 Å². The van der Waals surface area contributed by atoms with Gasteiger partial charge in [-0.25, -0.2) is 0 Å². The average Bonchev–Trinajstić information content (AvgIpc) is 2.69. The molecule has 0 radical (unpaired) electrons. The molecule has 0 saturated carbocycles. The summed E-state index contributed by atoms with van der Waals surface area (Å²) in [5.41, 5.74) is 1.97. The maximum absolute atomic E-state index is 9.43. The van der Waals surface area contributed by atoms with Crippen molar-refractivity contribution in [2.75, 3.05) is 23.7 Å². The minimum absolute atomic E-state index is 0.707. The molecule has 0 aliphatic carbocycles. The lowest BCUT2D eigenvalue weighted by Gasteiger charge is -2.21. The monoisotopic (exact) mass is 260 g/mol. The van der Waals surface area contributed by atoms with E-state index in [-0.39, 0.29) is 0 Å². The maximum atomic E-state index is 9.43. The van der Waals surface area contributed by atoms with E-state index in [1.165, 1.54) is 0 Å². The molecule has 1 saturated heterocycles. The second-order valence-electron chi connectivity index (χ2n) is 5.05. The lowest BCUT2D eigenvalue weighted by Crippen LogP contribution is -2.20. The second-order valence-corrected chi connectivity index (χ2v) is 6.36. The van der Waals surface area contributed by atoms with Crippen LogP contribution in [0.2, 0.25) is 0 Å². The summed E-state index contributed by atoms with van der Waals surface area (Å²) in [6.45, 7) is 8.84. The Labute approximate surface area is 114 Å². The summed E-state index contributed by atoms with van der Waals surface area (Å²) < 4.78 is 0. The highest BCUT2D eigenvalue weighted by Gasteiger charge is 2.27. The Morgan fingerprint density at radius 1 is 1.33 bits per heavy atom. The average molecular weight is 260 g/mol. The van der Waals surface area contributed by atoms with E-state index in [1.807, 2.05) is 0 Å².